The van der Waals surface area contributed by atoms with E-state index in [9.17, 15) is 9.59 Å². The summed E-state index contributed by atoms with van der Waals surface area (Å²) in [4.78, 5) is 25.3. The molecule has 0 unspecified atom stereocenters. The highest BCUT2D eigenvalue weighted by atomic mass is 35.5. The van der Waals surface area contributed by atoms with Crippen molar-refractivity contribution in [1.82, 2.24) is 10.3 Å². The van der Waals surface area contributed by atoms with Crippen molar-refractivity contribution < 1.29 is 4.79 Å². The zero-order valence-corrected chi connectivity index (χ0v) is 10.9. The Labute approximate surface area is 115 Å². The van der Waals surface area contributed by atoms with Gasteiger partial charge in [-0.3, -0.25) is 9.59 Å². The summed E-state index contributed by atoms with van der Waals surface area (Å²) in [6.45, 7) is 0.492. The number of benzene rings is 1. The van der Waals surface area contributed by atoms with Gasteiger partial charge in [-0.15, -0.1) is 0 Å². The predicted octanol–water partition coefficient (Wildman–Crippen LogP) is 2.00. The molecule has 0 atom stereocenters. The van der Waals surface area contributed by atoms with Crippen molar-refractivity contribution in [3.8, 4) is 0 Å². The summed E-state index contributed by atoms with van der Waals surface area (Å²) in [5.74, 6) is -0.256. The van der Waals surface area contributed by atoms with Crippen LogP contribution >= 0.6 is 11.6 Å². The molecule has 0 bridgehead atoms. The van der Waals surface area contributed by atoms with E-state index in [1.54, 1.807) is 12.1 Å². The van der Waals surface area contributed by atoms with Crippen LogP contribution in [0.25, 0.3) is 0 Å². The van der Waals surface area contributed by atoms with Gasteiger partial charge >= 0.3 is 0 Å². The molecule has 0 spiro atoms. The summed E-state index contributed by atoms with van der Waals surface area (Å²) in [5, 5.41) is 3.44. The molecule has 1 aromatic heterocycles. The van der Waals surface area contributed by atoms with Crippen LogP contribution in [0.5, 0.6) is 0 Å². The minimum atomic E-state index is -0.289. The standard InChI is InChI=1S/C14H13ClN2O2/c15-12-3-1-2-10(8-12)4-6-17-14(19)11-5-7-16-13(18)9-11/h1-3,5,7-9H,4,6H2,(H,16,18)(H,17,19). The maximum atomic E-state index is 11.8. The highest BCUT2D eigenvalue weighted by molar-refractivity contribution is 6.30. The van der Waals surface area contributed by atoms with E-state index in [0.717, 1.165) is 5.56 Å². The number of nitrogens with one attached hydrogen (secondary N) is 2. The van der Waals surface area contributed by atoms with Gasteiger partial charge in [0.1, 0.15) is 0 Å². The summed E-state index contributed by atoms with van der Waals surface area (Å²) in [6.07, 6.45) is 2.14. The lowest BCUT2D eigenvalue weighted by Gasteiger charge is -2.05. The van der Waals surface area contributed by atoms with Gasteiger partial charge in [0, 0.05) is 29.4 Å². The first-order valence-electron chi connectivity index (χ1n) is 5.86. The van der Waals surface area contributed by atoms with Gasteiger partial charge in [-0.1, -0.05) is 23.7 Å². The molecule has 0 aliphatic heterocycles. The molecular weight excluding hydrogens is 264 g/mol. The number of carbonyl (C=O) groups excluding carboxylic acids is 1. The Kier molecular flexibility index (Phi) is 4.36. The Balaban J connectivity index is 1.89. The molecule has 0 radical (unpaired) electrons. The van der Waals surface area contributed by atoms with E-state index in [2.05, 4.69) is 10.3 Å². The van der Waals surface area contributed by atoms with Gasteiger partial charge in [0.15, 0.2) is 0 Å². The van der Waals surface area contributed by atoms with Crippen LogP contribution < -0.4 is 10.9 Å². The topological polar surface area (TPSA) is 62.0 Å². The number of hydrogen-bond donors (Lipinski definition) is 2. The Morgan fingerprint density at radius 3 is 2.84 bits per heavy atom. The fourth-order valence-electron chi connectivity index (χ4n) is 1.70. The second-order valence-corrected chi connectivity index (χ2v) is 4.51. The van der Waals surface area contributed by atoms with Gasteiger partial charge in [-0.25, -0.2) is 0 Å². The second kappa shape index (κ2) is 6.20. The van der Waals surface area contributed by atoms with Crippen molar-refractivity contribution in [2.45, 2.75) is 6.42 Å². The maximum Gasteiger partial charge on any atom is 0.251 e. The summed E-state index contributed by atoms with van der Waals surface area (Å²) < 4.78 is 0. The average Bonchev–Trinajstić information content (AvgIpc) is 2.38. The summed E-state index contributed by atoms with van der Waals surface area (Å²) in [7, 11) is 0. The monoisotopic (exact) mass is 276 g/mol. The van der Waals surface area contributed by atoms with E-state index < -0.39 is 0 Å². The number of amides is 1. The quantitative estimate of drug-likeness (QED) is 0.897. The van der Waals surface area contributed by atoms with Gasteiger partial charge in [0.05, 0.1) is 0 Å². The van der Waals surface area contributed by atoms with Gasteiger partial charge < -0.3 is 10.3 Å². The zero-order valence-electron chi connectivity index (χ0n) is 10.2. The number of hydrogen-bond acceptors (Lipinski definition) is 2. The molecule has 5 heteroatoms. The van der Waals surface area contributed by atoms with Crippen molar-refractivity contribution in [3.63, 3.8) is 0 Å². The molecule has 1 aromatic carbocycles. The van der Waals surface area contributed by atoms with E-state index in [0.29, 0.717) is 23.6 Å². The Hall–Kier alpha value is -2.07. The van der Waals surface area contributed by atoms with Crippen LogP contribution in [0.15, 0.2) is 47.4 Å². The number of aromatic nitrogens is 1. The third-order valence-corrected chi connectivity index (χ3v) is 2.86. The molecule has 0 fully saturated rings. The number of rotatable bonds is 4. The fourth-order valence-corrected chi connectivity index (χ4v) is 1.91. The fraction of sp³-hybridized carbons (Fsp3) is 0.143. The number of halogens is 1. The molecule has 1 amide bonds. The second-order valence-electron chi connectivity index (χ2n) is 4.08. The van der Waals surface area contributed by atoms with Gasteiger partial charge in [-0.2, -0.15) is 0 Å². The molecule has 0 aliphatic rings. The largest absolute Gasteiger partial charge is 0.352 e. The highest BCUT2D eigenvalue weighted by Gasteiger charge is 2.05. The average molecular weight is 277 g/mol. The van der Waals surface area contributed by atoms with E-state index in [1.165, 1.54) is 12.3 Å². The van der Waals surface area contributed by atoms with Crippen molar-refractivity contribution in [2.75, 3.05) is 6.54 Å². The van der Waals surface area contributed by atoms with Crippen LogP contribution in [-0.4, -0.2) is 17.4 Å². The molecule has 0 saturated carbocycles. The molecule has 2 N–H and O–H groups in total. The Bertz CT molecular complexity index is 637. The first kappa shape index (κ1) is 13.4. The smallest absolute Gasteiger partial charge is 0.251 e. The molecule has 19 heavy (non-hydrogen) atoms. The molecular formula is C14H13ClN2O2. The lowest BCUT2D eigenvalue weighted by atomic mass is 10.1. The number of carbonyl (C=O) groups is 1. The maximum absolute atomic E-state index is 11.8. The SMILES string of the molecule is O=C(NCCc1cccc(Cl)c1)c1cc[nH]c(=O)c1. The first-order valence-corrected chi connectivity index (χ1v) is 6.24. The Morgan fingerprint density at radius 2 is 2.11 bits per heavy atom. The minimum Gasteiger partial charge on any atom is -0.352 e. The third kappa shape index (κ3) is 3.96. The van der Waals surface area contributed by atoms with Crippen LogP contribution in [0.4, 0.5) is 0 Å². The van der Waals surface area contributed by atoms with Crippen molar-refractivity contribution in [1.29, 1.82) is 0 Å². The van der Waals surface area contributed by atoms with Crippen LogP contribution in [0.1, 0.15) is 15.9 Å². The molecule has 0 aliphatic carbocycles. The first-order chi connectivity index (χ1) is 9.15. The normalized spacial score (nSPS) is 10.2. The number of aromatic amines is 1. The predicted molar refractivity (Wildman–Crippen MR) is 74.6 cm³/mol. The Morgan fingerprint density at radius 1 is 1.26 bits per heavy atom. The molecule has 98 valence electrons. The number of pyridine rings is 1. The van der Waals surface area contributed by atoms with Gasteiger partial charge in [0.25, 0.3) is 5.91 Å². The summed E-state index contributed by atoms with van der Waals surface area (Å²) in [6, 6.07) is 10.3. The molecule has 2 rings (SSSR count). The lowest BCUT2D eigenvalue weighted by Crippen LogP contribution is -2.26. The summed E-state index contributed by atoms with van der Waals surface area (Å²) >= 11 is 5.87. The van der Waals surface area contributed by atoms with Crippen molar-refractivity contribution in [3.05, 3.63) is 69.1 Å². The molecule has 2 aromatic rings. The van der Waals surface area contributed by atoms with Crippen molar-refractivity contribution >= 4 is 17.5 Å². The summed E-state index contributed by atoms with van der Waals surface area (Å²) in [5.41, 5.74) is 1.12. The van der Waals surface area contributed by atoms with Crippen LogP contribution in [0.2, 0.25) is 5.02 Å². The lowest BCUT2D eigenvalue weighted by molar-refractivity contribution is 0.0954. The van der Waals surface area contributed by atoms with Crippen molar-refractivity contribution in [2.24, 2.45) is 0 Å². The third-order valence-electron chi connectivity index (χ3n) is 2.63. The molecule has 1 heterocycles. The highest BCUT2D eigenvalue weighted by Crippen LogP contribution is 2.10. The van der Waals surface area contributed by atoms with Crippen LogP contribution in [0, 0.1) is 0 Å². The van der Waals surface area contributed by atoms with Crippen LogP contribution in [-0.2, 0) is 6.42 Å². The van der Waals surface area contributed by atoms with Gasteiger partial charge in [-0.05, 0) is 30.2 Å². The van der Waals surface area contributed by atoms with Crippen LogP contribution in [0.3, 0.4) is 0 Å². The zero-order chi connectivity index (χ0) is 13.7. The van der Waals surface area contributed by atoms with Gasteiger partial charge in [0.2, 0.25) is 5.56 Å². The van der Waals surface area contributed by atoms with E-state index in [-0.39, 0.29) is 11.5 Å². The van der Waals surface area contributed by atoms with E-state index >= 15 is 0 Å². The van der Waals surface area contributed by atoms with E-state index in [4.69, 9.17) is 11.6 Å². The number of H-pyrrole nitrogens is 1. The van der Waals surface area contributed by atoms with E-state index in [1.807, 2.05) is 18.2 Å². The minimum absolute atomic E-state index is 0.256. The molecule has 4 nitrogen and oxygen atoms in total. The molecule has 0 saturated heterocycles.